The molecule has 4 unspecified atom stereocenters. The topological polar surface area (TPSA) is 525 Å². The lowest BCUT2D eigenvalue weighted by molar-refractivity contribution is -0.745. The molecule has 37 nitrogen and oxygen atoms in total. The van der Waals surface area contributed by atoms with E-state index in [1.807, 2.05) is 0 Å². The Labute approximate surface area is 423 Å². The molecule has 15 atom stereocenters. The quantitative estimate of drug-likeness (QED) is 0.0255. The Morgan fingerprint density at radius 1 is 0.763 bits per heavy atom. The second-order valence-corrected chi connectivity index (χ2v) is 22.1. The Kier molecular flexibility index (Phi) is 15.3. The first kappa shape index (κ1) is 55.0. The van der Waals surface area contributed by atoms with Gasteiger partial charge in [-0.05, 0) is 0 Å². The number of aromatic amines is 2. The lowest BCUT2D eigenvalue weighted by Crippen LogP contribution is -2.45. The lowest BCUT2D eigenvalue weighted by Gasteiger charge is -2.24. The molecule has 40 heteroatoms. The summed E-state index contributed by atoms with van der Waals surface area (Å²) in [5.41, 5.74) is 16.3. The van der Waals surface area contributed by atoms with E-state index in [1.54, 1.807) is 0 Å². The number of aliphatic hydroxyl groups is 3. The second kappa shape index (κ2) is 21.2. The van der Waals surface area contributed by atoms with Gasteiger partial charge in [0.2, 0.25) is 23.6 Å². The monoisotopic (exact) mass is 1140 g/mol. The molecule has 414 valence electrons. The summed E-state index contributed by atoms with van der Waals surface area (Å²) < 4.78 is 92.3. The number of methoxy groups -OCH3 is 2. The number of H-pyrrole nitrogens is 2. The van der Waals surface area contributed by atoms with Crippen molar-refractivity contribution in [3.63, 3.8) is 0 Å². The van der Waals surface area contributed by atoms with Crippen LogP contribution >= 0.6 is 23.5 Å². The summed E-state index contributed by atoms with van der Waals surface area (Å²) in [6.45, 7) is -2.57. The molecule has 3 aliphatic heterocycles. The van der Waals surface area contributed by atoms with E-state index in [1.165, 1.54) is 52.2 Å². The predicted octanol–water partition coefficient (Wildman–Crippen LogP) is -4.19. The number of hydrogen-bond donors (Lipinski definition) is 12. The molecule has 0 bridgehead atoms. The van der Waals surface area contributed by atoms with Crippen molar-refractivity contribution in [1.82, 2.24) is 58.9 Å². The largest absolute Gasteiger partial charge is 0.490 e. The molecule has 76 heavy (non-hydrogen) atoms. The molecular formula is C36H50N16O21P3+. The molecule has 9 rings (SSSR count). The number of nitrogen functional groups attached to an aromatic ring is 3. The first-order valence-electron chi connectivity index (χ1n) is 22.3. The molecule has 15 N–H and O–H groups in total. The number of phosphoric acid groups is 3. The van der Waals surface area contributed by atoms with Crippen molar-refractivity contribution >= 4 is 80.6 Å². The van der Waals surface area contributed by atoms with Gasteiger partial charge in [-0.2, -0.15) is 13.6 Å². The third-order valence-electron chi connectivity index (χ3n) is 12.6. The predicted molar refractivity (Wildman–Crippen MR) is 249 cm³/mol. The Morgan fingerprint density at radius 2 is 1.38 bits per heavy atom. The van der Waals surface area contributed by atoms with E-state index in [4.69, 9.17) is 49.9 Å². The average molecular weight is 1140 g/mol. The number of hydrogen-bond acceptors (Lipinski definition) is 27. The molecule has 0 radical (unpaired) electrons. The van der Waals surface area contributed by atoms with Crippen molar-refractivity contribution in [1.29, 1.82) is 0 Å². The lowest BCUT2D eigenvalue weighted by atomic mass is 9.93. The van der Waals surface area contributed by atoms with Crippen LogP contribution < -0.4 is 38.2 Å². The van der Waals surface area contributed by atoms with E-state index in [0.29, 0.717) is 0 Å². The maximum atomic E-state index is 13.7. The number of imidazole rings is 3. The van der Waals surface area contributed by atoms with Crippen molar-refractivity contribution in [2.45, 2.75) is 67.8 Å². The molecular weight excluding hydrogens is 1090 g/mol. The van der Waals surface area contributed by atoms with Gasteiger partial charge >= 0.3 is 29.1 Å². The van der Waals surface area contributed by atoms with E-state index in [2.05, 4.69) is 53.8 Å². The maximum Gasteiger partial charge on any atom is 0.490 e. The fraction of sp³-hybridized carbons (Fsp3) is 0.556. The molecule has 6 aromatic heterocycles. The summed E-state index contributed by atoms with van der Waals surface area (Å²) in [4.78, 5) is 99.5. The fourth-order valence-corrected chi connectivity index (χ4v) is 12.7. The van der Waals surface area contributed by atoms with Crippen LogP contribution in [-0.2, 0) is 66.9 Å². The molecule has 9 heterocycles. The van der Waals surface area contributed by atoms with Crippen molar-refractivity contribution in [3.8, 4) is 0 Å². The smallest absolute Gasteiger partial charge is 0.387 e. The van der Waals surface area contributed by atoms with E-state index in [9.17, 15) is 58.1 Å². The van der Waals surface area contributed by atoms with Gasteiger partial charge in [0.15, 0.2) is 41.4 Å². The molecule has 3 saturated heterocycles. The van der Waals surface area contributed by atoms with E-state index >= 15 is 0 Å². The molecule has 0 aliphatic carbocycles. The van der Waals surface area contributed by atoms with Gasteiger partial charge in [-0.15, -0.1) is 0 Å². The highest BCUT2D eigenvalue weighted by Crippen LogP contribution is 2.68. The Balaban J connectivity index is 0.857. The van der Waals surface area contributed by atoms with Gasteiger partial charge in [0.05, 0.1) is 51.7 Å². The minimum atomic E-state index is -6.10. The molecule has 1 amide bonds. The average Bonchev–Trinajstić information content (AvgIpc) is 4.19. The number of anilines is 3. The molecule has 0 aromatic carbocycles. The van der Waals surface area contributed by atoms with E-state index in [-0.39, 0.29) is 57.8 Å². The summed E-state index contributed by atoms with van der Waals surface area (Å²) >= 11 is 0. The summed E-state index contributed by atoms with van der Waals surface area (Å²) in [7, 11) is -13.6. The zero-order chi connectivity index (χ0) is 54.8. The van der Waals surface area contributed by atoms with Crippen molar-refractivity contribution in [2.75, 3.05) is 57.8 Å². The number of amides is 1. The van der Waals surface area contributed by atoms with E-state index < -0.39 is 140 Å². The third-order valence-corrected chi connectivity index (χ3v) is 16.8. The maximum absolute atomic E-state index is 13.7. The fourth-order valence-electron chi connectivity index (χ4n) is 9.22. The van der Waals surface area contributed by atoms with Crippen molar-refractivity contribution in [2.24, 2.45) is 18.9 Å². The summed E-state index contributed by atoms with van der Waals surface area (Å²) in [5, 5.41) is 35.7. The number of ether oxygens (including phenoxy) is 5. The summed E-state index contributed by atoms with van der Waals surface area (Å²) in [5.74, 6) is -3.42. The van der Waals surface area contributed by atoms with Crippen LogP contribution in [0, 0.1) is 11.8 Å². The van der Waals surface area contributed by atoms with Crippen LogP contribution in [0.4, 0.5) is 17.7 Å². The van der Waals surface area contributed by atoms with Crippen LogP contribution in [0.15, 0.2) is 34.9 Å². The van der Waals surface area contributed by atoms with Gasteiger partial charge in [0, 0.05) is 39.0 Å². The van der Waals surface area contributed by atoms with Gasteiger partial charge in [-0.1, -0.05) is 4.98 Å². The number of nitrogens with one attached hydrogen (secondary N) is 3. The first-order chi connectivity index (χ1) is 35.9. The number of carbonyl (C=O) groups is 1. The van der Waals surface area contributed by atoms with Crippen LogP contribution in [0.25, 0.3) is 33.5 Å². The SMILES string of the molecule is COC[C@@H]1[C@@H](COP(=O)(O)OP(=O)(O)OP(=O)(O)OC[C@H]2O[C@@H](n3cnc4c(N)ncnc43)[C@H](OC)[C@@H]2CC(=O)NC[C@H]2O[C@@H](n3cnc4c(=O)[nH]c(N)nc43)[C@H](O)[C@@H]2O)OC([n+]2cn(C)c3c(=O)[nH]c(N)nc32)[C@@H]1O. The van der Waals surface area contributed by atoms with Gasteiger partial charge in [0.1, 0.15) is 42.4 Å². The summed E-state index contributed by atoms with van der Waals surface area (Å²) in [6, 6.07) is 0. The number of aryl methyl sites for hydroxylation is 1. The normalized spacial score (nSPS) is 29.3. The number of nitrogens with two attached hydrogens (primary N) is 3. The number of fused-ring (bicyclic) bond motifs is 3. The first-order valence-corrected chi connectivity index (χ1v) is 26.8. The standard InChI is InChI=1S/C36H49N16O21P3/c1-49-12-52(29-21(49)31(58)48-36(39)46-29)32-22(54)14(6-65-2)17(70-32)8-68-75(61,62)73-76(63,64)72-74(59,60)67-7-16-13(25(66-3)34(71-16)50-10-43-19-26(37)41-9-42-27(19)50)4-18(53)40-5-15-23(55)24(56)33(69-15)51-11-44-20-28(51)45-35(38)47-30(20)57/h9-17,22-25,32-34,54-56H,4-8H2,1-3H3,(H11-,37,38,39,40,41,42,45,46,47,48,53,57,58,59,60,61,62,63,64)/p+1/t13-,14-,15-,16-,17-,22-,23-,24-,25-,32?,33-,34-/m1/s1. The highest BCUT2D eigenvalue weighted by Gasteiger charge is 2.52. The number of phosphoric ester groups is 2. The molecule has 0 saturated carbocycles. The van der Waals surface area contributed by atoms with Gasteiger partial charge in [0.25, 0.3) is 17.1 Å². The van der Waals surface area contributed by atoms with Crippen LogP contribution in [-0.4, -0.2) is 173 Å². The van der Waals surface area contributed by atoms with Gasteiger partial charge in [-0.25, -0.2) is 38.2 Å². The number of nitrogens with zero attached hydrogens (tertiary/aromatic N) is 10. The van der Waals surface area contributed by atoms with Crippen molar-refractivity contribution < 1.29 is 94.4 Å². The highest BCUT2D eigenvalue weighted by molar-refractivity contribution is 7.66. The number of aromatic nitrogens is 12. The zero-order valence-electron chi connectivity index (χ0n) is 39.6. The molecule has 3 aliphatic rings. The molecule has 3 fully saturated rings. The van der Waals surface area contributed by atoms with Crippen LogP contribution in [0.5, 0.6) is 0 Å². The van der Waals surface area contributed by atoms with Gasteiger partial charge < -0.3 is 76.2 Å². The zero-order valence-corrected chi connectivity index (χ0v) is 42.3. The number of carbonyl (C=O) groups excluding carboxylic acids is 1. The minimum Gasteiger partial charge on any atom is -0.387 e. The van der Waals surface area contributed by atoms with Gasteiger partial charge in [-0.3, -0.25) is 47.1 Å². The second-order valence-electron chi connectivity index (χ2n) is 17.4. The third kappa shape index (κ3) is 10.9. The van der Waals surface area contributed by atoms with Crippen LogP contribution in [0.1, 0.15) is 25.1 Å². The Hall–Kier alpha value is -5.79. The minimum absolute atomic E-state index is 0.000872. The summed E-state index contributed by atoms with van der Waals surface area (Å²) in [6.07, 6.45) is -9.27. The van der Waals surface area contributed by atoms with Crippen LogP contribution in [0.3, 0.4) is 0 Å². The molecule has 6 aromatic rings. The Morgan fingerprint density at radius 3 is 2.05 bits per heavy atom. The number of rotatable bonds is 20. The van der Waals surface area contributed by atoms with Crippen molar-refractivity contribution in [3.05, 3.63) is 46.0 Å². The number of aliphatic hydroxyl groups excluding tert-OH is 3. The van der Waals surface area contributed by atoms with E-state index in [0.717, 1.165) is 12.7 Å². The van der Waals surface area contributed by atoms with Crippen LogP contribution in [0.2, 0.25) is 0 Å². The Bertz CT molecular complexity index is 3430. The molecule has 0 spiro atoms. The highest BCUT2D eigenvalue weighted by atomic mass is 31.3.